The average Bonchev–Trinajstić information content (AvgIpc) is 1.98. The molecule has 0 aromatic rings. The summed E-state index contributed by atoms with van der Waals surface area (Å²) in [6.07, 6.45) is 0. The molecule has 0 saturated heterocycles. The van der Waals surface area contributed by atoms with Crippen molar-refractivity contribution in [2.45, 2.75) is 20.8 Å². The highest BCUT2D eigenvalue weighted by molar-refractivity contribution is 5.98. The Morgan fingerprint density at radius 2 is 1.92 bits per heavy atom. The third-order valence-electron chi connectivity index (χ3n) is 1.38. The molecule has 4 heteroatoms. The van der Waals surface area contributed by atoms with Crippen LogP contribution in [0.25, 0.3) is 0 Å². The fourth-order valence-electron chi connectivity index (χ4n) is 0.601. The van der Waals surface area contributed by atoms with E-state index in [9.17, 15) is 5.11 Å². The molecule has 0 aliphatic heterocycles. The van der Waals surface area contributed by atoms with E-state index in [1.165, 1.54) is 0 Å². The third kappa shape index (κ3) is 2.38. The molecule has 4 N–H and O–H groups in total. The van der Waals surface area contributed by atoms with Crippen molar-refractivity contribution in [1.29, 1.82) is 5.41 Å². The maximum atomic E-state index is 9.48. The Morgan fingerprint density at radius 3 is 2.17 bits per heavy atom. The van der Waals surface area contributed by atoms with Crippen LogP contribution in [0.5, 0.6) is 0 Å². The molecule has 0 amide bonds. The molecule has 0 aliphatic rings. The van der Waals surface area contributed by atoms with E-state index in [4.69, 9.17) is 11.1 Å². The van der Waals surface area contributed by atoms with Crippen molar-refractivity contribution in [3.8, 4) is 0 Å². The van der Waals surface area contributed by atoms with E-state index >= 15 is 0 Å². The van der Waals surface area contributed by atoms with Crippen molar-refractivity contribution in [2.24, 2.45) is 16.1 Å². The van der Waals surface area contributed by atoms with Crippen molar-refractivity contribution in [2.75, 3.05) is 0 Å². The maximum Gasteiger partial charge on any atom is 0.170 e. The van der Waals surface area contributed by atoms with Crippen LogP contribution < -0.4 is 5.73 Å². The van der Waals surface area contributed by atoms with Gasteiger partial charge in [0.15, 0.2) is 5.84 Å². The van der Waals surface area contributed by atoms with Crippen LogP contribution in [0.3, 0.4) is 0 Å². The molecule has 0 heterocycles. The molecule has 0 radical (unpaired) electrons. The molecule has 0 saturated carbocycles. The van der Waals surface area contributed by atoms with Crippen molar-refractivity contribution in [1.82, 2.24) is 0 Å². The number of nitrogens with zero attached hydrogens (tertiary/aromatic N) is 1. The minimum atomic E-state index is -0.457. The lowest BCUT2D eigenvalue weighted by atomic mass is 9.92. The summed E-state index contributed by atoms with van der Waals surface area (Å²) in [6, 6.07) is 0. The van der Waals surface area contributed by atoms with Gasteiger partial charge in [0.25, 0.3) is 0 Å². The van der Waals surface area contributed by atoms with Gasteiger partial charge in [0.1, 0.15) is 11.5 Å². The molecule has 0 aromatic carbocycles. The van der Waals surface area contributed by atoms with Crippen molar-refractivity contribution < 1.29 is 5.11 Å². The predicted molar refractivity (Wildman–Crippen MR) is 50.6 cm³/mol. The Hall–Kier alpha value is -1.32. The number of hydrogen-bond donors (Lipinski definition) is 3. The summed E-state index contributed by atoms with van der Waals surface area (Å²) in [6.45, 7) is 8.54. The molecule has 0 atom stereocenters. The van der Waals surface area contributed by atoms with Crippen molar-refractivity contribution >= 4 is 12.6 Å². The number of amidine groups is 1. The Bertz CT molecular complexity index is 235. The van der Waals surface area contributed by atoms with Gasteiger partial charge in [-0.05, 0) is 6.72 Å². The van der Waals surface area contributed by atoms with Gasteiger partial charge in [-0.1, -0.05) is 20.8 Å². The molecule has 12 heavy (non-hydrogen) atoms. The Balaban J connectivity index is 4.94. The lowest BCUT2D eigenvalue weighted by Gasteiger charge is -2.18. The van der Waals surface area contributed by atoms with Gasteiger partial charge in [0, 0.05) is 5.41 Å². The molecule has 0 aromatic heterocycles. The largest absolute Gasteiger partial charge is 0.509 e. The van der Waals surface area contributed by atoms with E-state index in [0.717, 1.165) is 0 Å². The molecular weight excluding hydrogens is 154 g/mol. The third-order valence-corrected chi connectivity index (χ3v) is 1.38. The molecule has 0 fully saturated rings. The molecule has 0 rings (SSSR count). The van der Waals surface area contributed by atoms with Gasteiger partial charge in [-0.25, -0.2) is 4.99 Å². The van der Waals surface area contributed by atoms with Crippen LogP contribution in [0.15, 0.2) is 16.4 Å². The first-order valence-corrected chi connectivity index (χ1v) is 3.55. The maximum absolute atomic E-state index is 9.48. The molecule has 4 nitrogen and oxygen atoms in total. The fourth-order valence-corrected chi connectivity index (χ4v) is 0.601. The summed E-state index contributed by atoms with van der Waals surface area (Å²) in [5.41, 5.74) is 4.96. The van der Waals surface area contributed by atoms with Gasteiger partial charge >= 0.3 is 0 Å². The lowest BCUT2D eigenvalue weighted by Crippen LogP contribution is -2.19. The average molecular weight is 169 g/mol. The highest BCUT2D eigenvalue weighted by Gasteiger charge is 2.20. The van der Waals surface area contributed by atoms with E-state index in [2.05, 4.69) is 11.7 Å². The number of allylic oxidation sites excluding steroid dienone is 1. The summed E-state index contributed by atoms with van der Waals surface area (Å²) < 4.78 is 0. The normalized spacial score (nSPS) is 13.6. The highest BCUT2D eigenvalue weighted by Crippen LogP contribution is 2.24. The van der Waals surface area contributed by atoms with Gasteiger partial charge in [-0.3, -0.25) is 5.41 Å². The van der Waals surface area contributed by atoms with E-state index in [0.29, 0.717) is 0 Å². The SMILES string of the molecule is C=NC(=N)C(N)=C(O)C(C)(C)C. The second-order valence-corrected chi connectivity index (χ2v) is 3.52. The quantitative estimate of drug-likeness (QED) is 0.315. The summed E-state index contributed by atoms with van der Waals surface area (Å²) in [7, 11) is 0. The van der Waals surface area contributed by atoms with E-state index in [1.54, 1.807) is 20.8 Å². The predicted octanol–water partition coefficient (Wildman–Crippen LogP) is 1.44. The summed E-state index contributed by atoms with van der Waals surface area (Å²) in [5.74, 6) is -0.220. The zero-order valence-corrected chi connectivity index (χ0v) is 7.68. The summed E-state index contributed by atoms with van der Waals surface area (Å²) in [5, 5.41) is 16.7. The van der Waals surface area contributed by atoms with Crippen LogP contribution >= 0.6 is 0 Å². The Kier molecular flexibility index (Phi) is 3.01. The lowest BCUT2D eigenvalue weighted by molar-refractivity contribution is 0.273. The zero-order chi connectivity index (χ0) is 9.94. The first-order valence-electron chi connectivity index (χ1n) is 3.55. The number of aliphatic hydroxyl groups excluding tert-OH is 1. The van der Waals surface area contributed by atoms with E-state index in [1.807, 2.05) is 0 Å². The van der Waals surface area contributed by atoms with Gasteiger partial charge in [-0.15, -0.1) is 0 Å². The first-order chi connectivity index (χ1) is 5.30. The van der Waals surface area contributed by atoms with Gasteiger partial charge in [0.05, 0.1) is 0 Å². The highest BCUT2D eigenvalue weighted by atomic mass is 16.3. The summed E-state index contributed by atoms with van der Waals surface area (Å²) in [4.78, 5) is 3.31. The molecule has 0 aliphatic carbocycles. The number of nitrogens with one attached hydrogen (secondary N) is 1. The second kappa shape index (κ2) is 3.38. The number of rotatable bonds is 1. The van der Waals surface area contributed by atoms with Crippen molar-refractivity contribution in [3.05, 3.63) is 11.5 Å². The van der Waals surface area contributed by atoms with Crippen LogP contribution in [-0.2, 0) is 0 Å². The minimum Gasteiger partial charge on any atom is -0.509 e. The minimum absolute atomic E-state index is 0.0162. The van der Waals surface area contributed by atoms with Crippen molar-refractivity contribution in [3.63, 3.8) is 0 Å². The number of aliphatic hydroxyl groups is 1. The van der Waals surface area contributed by atoms with Gasteiger partial charge < -0.3 is 10.8 Å². The zero-order valence-electron chi connectivity index (χ0n) is 7.68. The number of nitrogens with two attached hydrogens (primary N) is 1. The van der Waals surface area contributed by atoms with E-state index in [-0.39, 0.29) is 17.3 Å². The molecule has 0 unspecified atom stereocenters. The molecule has 0 bridgehead atoms. The number of aliphatic imine (C=N–C) groups is 1. The second-order valence-electron chi connectivity index (χ2n) is 3.52. The van der Waals surface area contributed by atoms with Gasteiger partial charge in [0.2, 0.25) is 0 Å². The van der Waals surface area contributed by atoms with E-state index < -0.39 is 5.41 Å². The number of hydrogen-bond acceptors (Lipinski definition) is 3. The van der Waals surface area contributed by atoms with Crippen LogP contribution in [0.2, 0.25) is 0 Å². The summed E-state index contributed by atoms with van der Waals surface area (Å²) >= 11 is 0. The van der Waals surface area contributed by atoms with Crippen LogP contribution in [0.1, 0.15) is 20.8 Å². The monoisotopic (exact) mass is 169 g/mol. The topological polar surface area (TPSA) is 82.5 Å². The van der Waals surface area contributed by atoms with Crippen LogP contribution in [0.4, 0.5) is 0 Å². The molecule has 0 spiro atoms. The molecule has 68 valence electrons. The Labute approximate surface area is 72.3 Å². The van der Waals surface area contributed by atoms with Gasteiger partial charge in [-0.2, -0.15) is 0 Å². The van der Waals surface area contributed by atoms with Crippen LogP contribution in [0, 0.1) is 10.8 Å². The fraction of sp³-hybridized carbons (Fsp3) is 0.500. The Morgan fingerprint density at radius 1 is 1.50 bits per heavy atom. The standard InChI is InChI=1S/C8H15N3O/c1-8(2,3)6(12)5(9)7(10)11-4/h10,12H,4,9H2,1-3H3. The smallest absolute Gasteiger partial charge is 0.170 e. The first kappa shape index (κ1) is 10.7. The molecular formula is C8H15N3O. The van der Waals surface area contributed by atoms with Crippen LogP contribution in [-0.4, -0.2) is 17.7 Å².